The van der Waals surface area contributed by atoms with Gasteiger partial charge in [-0.2, -0.15) is 0 Å². The van der Waals surface area contributed by atoms with Gasteiger partial charge in [0.15, 0.2) is 17.3 Å². The van der Waals surface area contributed by atoms with E-state index in [0.717, 1.165) is 16.9 Å². The van der Waals surface area contributed by atoms with E-state index < -0.39 is 11.9 Å². The van der Waals surface area contributed by atoms with Crippen molar-refractivity contribution in [3.63, 3.8) is 0 Å². The molecule has 0 spiro atoms. The molecule has 1 N–H and O–H groups in total. The number of aromatic hydroxyl groups is 1. The van der Waals surface area contributed by atoms with E-state index in [2.05, 4.69) is 0 Å². The number of carbonyl (C=O) groups is 2. The van der Waals surface area contributed by atoms with Crippen molar-refractivity contribution in [3.8, 4) is 28.7 Å². The fraction of sp³-hybridized carbons (Fsp3) is 0.259. The number of phenolic OH excluding ortho intramolecular Hbond substituents is 1. The average molecular weight is 462 g/mol. The number of fused-ring (bicyclic) bond motifs is 1. The van der Waals surface area contributed by atoms with Gasteiger partial charge in [0.25, 0.3) is 0 Å². The summed E-state index contributed by atoms with van der Waals surface area (Å²) < 4.78 is 22.0. The molecule has 1 heterocycles. The Labute approximate surface area is 197 Å². The van der Waals surface area contributed by atoms with Crippen LogP contribution < -0.4 is 18.9 Å². The fourth-order valence-electron chi connectivity index (χ4n) is 4.11. The molecule has 1 atom stereocenters. The Hall–Kier alpha value is -4.00. The van der Waals surface area contributed by atoms with E-state index in [1.54, 1.807) is 32.4 Å². The van der Waals surface area contributed by atoms with Gasteiger partial charge >= 0.3 is 5.97 Å². The van der Waals surface area contributed by atoms with Gasteiger partial charge in [0.1, 0.15) is 17.2 Å². The molecule has 0 bridgehead atoms. The lowest BCUT2D eigenvalue weighted by Crippen LogP contribution is -2.21. The minimum atomic E-state index is -0.488. The Morgan fingerprint density at radius 2 is 1.79 bits per heavy atom. The van der Waals surface area contributed by atoms with Crippen LogP contribution in [-0.2, 0) is 11.2 Å². The van der Waals surface area contributed by atoms with Gasteiger partial charge in [0, 0.05) is 17.9 Å². The van der Waals surface area contributed by atoms with Crippen LogP contribution in [0.2, 0.25) is 0 Å². The third kappa shape index (κ3) is 4.69. The highest BCUT2D eigenvalue weighted by atomic mass is 16.5. The lowest BCUT2D eigenvalue weighted by molar-refractivity contribution is -0.135. The monoisotopic (exact) mass is 462 g/mol. The topological polar surface area (TPSA) is 91.3 Å². The first kappa shape index (κ1) is 23.2. The Balaban J connectivity index is 1.57. The number of benzene rings is 3. The second kappa shape index (κ2) is 9.87. The van der Waals surface area contributed by atoms with E-state index in [1.165, 1.54) is 13.0 Å². The number of phenols is 1. The molecule has 176 valence electrons. The molecule has 0 fully saturated rings. The summed E-state index contributed by atoms with van der Waals surface area (Å²) in [5.41, 5.74) is 2.47. The van der Waals surface area contributed by atoms with Crippen LogP contribution in [0.15, 0.2) is 54.6 Å². The zero-order valence-electron chi connectivity index (χ0n) is 19.3. The number of rotatable bonds is 8. The zero-order valence-corrected chi connectivity index (χ0v) is 19.3. The quantitative estimate of drug-likeness (QED) is 0.295. The Morgan fingerprint density at radius 3 is 2.47 bits per heavy atom. The van der Waals surface area contributed by atoms with E-state index in [0.29, 0.717) is 30.1 Å². The van der Waals surface area contributed by atoms with Gasteiger partial charge in [0.05, 0.1) is 32.8 Å². The number of carbonyl (C=O) groups excluding carboxylic acids is 2. The number of ether oxygens (including phenoxy) is 4. The summed E-state index contributed by atoms with van der Waals surface area (Å²) in [6.45, 7) is 1.83. The van der Waals surface area contributed by atoms with Gasteiger partial charge < -0.3 is 24.1 Å². The number of hydrogen-bond donors (Lipinski definition) is 1. The minimum Gasteiger partial charge on any atom is -0.507 e. The van der Waals surface area contributed by atoms with Gasteiger partial charge in [-0.15, -0.1) is 0 Å². The van der Waals surface area contributed by atoms with E-state index in [-0.39, 0.29) is 29.3 Å². The molecule has 0 aliphatic carbocycles. The van der Waals surface area contributed by atoms with Gasteiger partial charge in [-0.25, -0.2) is 0 Å². The molecule has 4 rings (SSSR count). The molecule has 1 unspecified atom stereocenters. The van der Waals surface area contributed by atoms with E-state index in [9.17, 15) is 14.7 Å². The molecule has 0 radical (unpaired) electrons. The molecule has 3 aromatic carbocycles. The summed E-state index contributed by atoms with van der Waals surface area (Å²) in [7, 11) is 3.18. The molecular formula is C27H26O7. The van der Waals surface area contributed by atoms with E-state index in [1.807, 2.05) is 30.3 Å². The van der Waals surface area contributed by atoms with Crippen molar-refractivity contribution in [2.75, 3.05) is 20.8 Å². The Kier molecular flexibility index (Phi) is 6.72. The molecule has 1 aliphatic rings. The fourth-order valence-corrected chi connectivity index (χ4v) is 4.11. The predicted molar refractivity (Wildman–Crippen MR) is 125 cm³/mol. The molecule has 7 nitrogen and oxygen atoms in total. The number of hydrogen-bond acceptors (Lipinski definition) is 7. The molecule has 0 saturated heterocycles. The maximum Gasteiger partial charge on any atom is 0.312 e. The third-order valence-corrected chi connectivity index (χ3v) is 5.90. The van der Waals surface area contributed by atoms with Crippen LogP contribution in [0.3, 0.4) is 0 Å². The van der Waals surface area contributed by atoms with Crippen LogP contribution in [0, 0.1) is 0 Å². The molecule has 1 aliphatic heterocycles. The van der Waals surface area contributed by atoms with Crippen molar-refractivity contribution in [1.82, 2.24) is 0 Å². The maximum absolute atomic E-state index is 12.2. The smallest absolute Gasteiger partial charge is 0.312 e. The van der Waals surface area contributed by atoms with Crippen molar-refractivity contribution in [2.24, 2.45) is 0 Å². The Bertz CT molecular complexity index is 1210. The SMILES string of the molecule is COc1ccc(CCOc2ccc(C3CC(=O)Oc4ccc(C(C)=O)c(O)c43)cc2OC)cc1. The van der Waals surface area contributed by atoms with Crippen molar-refractivity contribution in [3.05, 3.63) is 76.9 Å². The van der Waals surface area contributed by atoms with Gasteiger partial charge in [-0.3, -0.25) is 9.59 Å². The highest BCUT2D eigenvalue weighted by molar-refractivity contribution is 5.98. The third-order valence-electron chi connectivity index (χ3n) is 5.90. The average Bonchev–Trinajstić information content (AvgIpc) is 2.84. The summed E-state index contributed by atoms with van der Waals surface area (Å²) in [4.78, 5) is 24.2. The highest BCUT2D eigenvalue weighted by Gasteiger charge is 2.33. The lowest BCUT2D eigenvalue weighted by atomic mass is 9.84. The van der Waals surface area contributed by atoms with Crippen molar-refractivity contribution in [1.29, 1.82) is 0 Å². The van der Waals surface area contributed by atoms with Crippen LogP contribution >= 0.6 is 0 Å². The molecule has 7 heteroatoms. The molecule has 3 aromatic rings. The van der Waals surface area contributed by atoms with Crippen LogP contribution in [0.4, 0.5) is 0 Å². The van der Waals surface area contributed by atoms with Crippen LogP contribution in [0.5, 0.6) is 28.7 Å². The summed E-state index contributed by atoms with van der Waals surface area (Å²) in [5.74, 6) is 0.800. The maximum atomic E-state index is 12.2. The number of methoxy groups -OCH3 is 2. The summed E-state index contributed by atoms with van der Waals surface area (Å²) in [5, 5.41) is 10.8. The van der Waals surface area contributed by atoms with Crippen LogP contribution in [0.1, 0.15) is 46.3 Å². The second-order valence-electron chi connectivity index (χ2n) is 8.02. The predicted octanol–water partition coefficient (Wildman–Crippen LogP) is 4.67. The van der Waals surface area contributed by atoms with Gasteiger partial charge in [0.2, 0.25) is 0 Å². The number of Topliss-reactive ketones (excluding diaryl/α,β-unsaturated/α-hetero) is 1. The minimum absolute atomic E-state index is 0.0305. The first-order valence-electron chi connectivity index (χ1n) is 10.9. The summed E-state index contributed by atoms with van der Waals surface area (Å²) in [6, 6.07) is 16.2. The van der Waals surface area contributed by atoms with Crippen molar-refractivity contribution in [2.45, 2.75) is 25.7 Å². The first-order valence-corrected chi connectivity index (χ1v) is 10.9. The first-order chi connectivity index (χ1) is 16.4. The lowest BCUT2D eigenvalue weighted by Gasteiger charge is -2.27. The van der Waals surface area contributed by atoms with Crippen LogP contribution in [0.25, 0.3) is 0 Å². The standard InChI is InChI=1S/C27H26O7/c1-16(28)20-9-11-23-26(27(20)30)21(15-25(29)34-23)18-6-10-22(24(14-18)32-3)33-13-12-17-4-7-19(31-2)8-5-17/h4-11,14,21,30H,12-13,15H2,1-3H3. The zero-order chi connectivity index (χ0) is 24.2. The summed E-state index contributed by atoms with van der Waals surface area (Å²) >= 11 is 0. The van der Waals surface area contributed by atoms with Crippen molar-refractivity contribution >= 4 is 11.8 Å². The largest absolute Gasteiger partial charge is 0.507 e. The Morgan fingerprint density at radius 1 is 1.03 bits per heavy atom. The number of ketones is 1. The normalized spacial score (nSPS) is 14.7. The second-order valence-corrected chi connectivity index (χ2v) is 8.02. The number of esters is 1. The molecule has 0 saturated carbocycles. The van der Waals surface area contributed by atoms with E-state index >= 15 is 0 Å². The van der Waals surface area contributed by atoms with Gasteiger partial charge in [-0.1, -0.05) is 18.2 Å². The van der Waals surface area contributed by atoms with E-state index in [4.69, 9.17) is 18.9 Å². The molecule has 0 amide bonds. The highest BCUT2D eigenvalue weighted by Crippen LogP contribution is 2.46. The molecular weight excluding hydrogens is 436 g/mol. The van der Waals surface area contributed by atoms with Gasteiger partial charge in [-0.05, 0) is 54.4 Å². The summed E-state index contributed by atoms with van der Waals surface area (Å²) in [6.07, 6.45) is 0.737. The van der Waals surface area contributed by atoms with Crippen molar-refractivity contribution < 1.29 is 33.6 Å². The molecule has 0 aromatic heterocycles. The van der Waals surface area contributed by atoms with Crippen LogP contribution in [-0.4, -0.2) is 37.7 Å². The molecule has 34 heavy (non-hydrogen) atoms.